The minimum Gasteiger partial charge on any atom is -0.477 e. The zero-order chi connectivity index (χ0) is 14.1. The summed E-state index contributed by atoms with van der Waals surface area (Å²) in [6, 6.07) is 8.34. The molecule has 1 aliphatic heterocycles. The molecule has 0 spiro atoms. The summed E-state index contributed by atoms with van der Waals surface area (Å²) in [5.74, 6) is -1.02. The van der Waals surface area contributed by atoms with Crippen molar-refractivity contribution in [2.75, 3.05) is 11.4 Å². The number of halogens is 1. The summed E-state index contributed by atoms with van der Waals surface area (Å²) < 4.78 is 0. The molecule has 0 saturated heterocycles. The smallest absolute Gasteiger partial charge is 0.349 e. The van der Waals surface area contributed by atoms with Crippen LogP contribution in [0.15, 0.2) is 24.3 Å². The van der Waals surface area contributed by atoms with Crippen LogP contribution < -0.4 is 4.90 Å². The average molecular weight is 309 g/mol. The lowest BCUT2D eigenvalue weighted by atomic mass is 10.0. The zero-order valence-corrected chi connectivity index (χ0v) is 12.2. The standard InChI is InChI=1S/C14H13ClN2O2S/c15-12-11(13(18)19)20-14(16-12)17-7-3-6-9-4-1-2-5-10(9)8-17/h1-2,4-5H,3,6-8H2,(H,18,19). The van der Waals surface area contributed by atoms with E-state index in [2.05, 4.69) is 28.1 Å². The van der Waals surface area contributed by atoms with Crippen LogP contribution in [0.2, 0.25) is 5.15 Å². The van der Waals surface area contributed by atoms with Gasteiger partial charge in [-0.05, 0) is 24.0 Å². The van der Waals surface area contributed by atoms with Gasteiger partial charge in [-0.2, -0.15) is 0 Å². The van der Waals surface area contributed by atoms with Gasteiger partial charge in [-0.15, -0.1) is 0 Å². The molecule has 104 valence electrons. The fourth-order valence-electron chi connectivity index (χ4n) is 2.42. The number of anilines is 1. The predicted molar refractivity (Wildman–Crippen MR) is 79.9 cm³/mol. The molecule has 0 saturated carbocycles. The number of carbonyl (C=O) groups is 1. The summed E-state index contributed by atoms with van der Waals surface area (Å²) >= 11 is 7.03. The van der Waals surface area contributed by atoms with Crippen molar-refractivity contribution in [2.24, 2.45) is 0 Å². The van der Waals surface area contributed by atoms with Crippen LogP contribution in [0.5, 0.6) is 0 Å². The van der Waals surface area contributed by atoms with Crippen molar-refractivity contribution in [2.45, 2.75) is 19.4 Å². The van der Waals surface area contributed by atoms with E-state index in [4.69, 9.17) is 16.7 Å². The van der Waals surface area contributed by atoms with Crippen LogP contribution in [0.1, 0.15) is 27.2 Å². The van der Waals surface area contributed by atoms with Gasteiger partial charge in [-0.25, -0.2) is 9.78 Å². The van der Waals surface area contributed by atoms with Crippen LogP contribution in [0, 0.1) is 0 Å². The minimum absolute atomic E-state index is 0.0787. The van der Waals surface area contributed by atoms with Crippen molar-refractivity contribution < 1.29 is 9.90 Å². The van der Waals surface area contributed by atoms with E-state index in [0.29, 0.717) is 5.13 Å². The molecular weight excluding hydrogens is 296 g/mol. The second kappa shape index (κ2) is 5.42. The fraction of sp³-hybridized carbons (Fsp3) is 0.286. The number of benzene rings is 1. The molecule has 0 bridgehead atoms. The molecular formula is C14H13ClN2O2S. The number of thiazole rings is 1. The van der Waals surface area contributed by atoms with Crippen LogP contribution in [0.4, 0.5) is 5.13 Å². The molecule has 2 heterocycles. The van der Waals surface area contributed by atoms with Gasteiger partial charge in [-0.3, -0.25) is 0 Å². The lowest BCUT2D eigenvalue weighted by Crippen LogP contribution is -2.22. The Balaban J connectivity index is 1.91. The highest BCUT2D eigenvalue weighted by molar-refractivity contribution is 7.18. The number of hydrogen-bond acceptors (Lipinski definition) is 4. The van der Waals surface area contributed by atoms with E-state index in [0.717, 1.165) is 37.3 Å². The quantitative estimate of drug-likeness (QED) is 0.923. The summed E-state index contributed by atoms with van der Waals surface area (Å²) in [5, 5.41) is 9.82. The largest absolute Gasteiger partial charge is 0.477 e. The van der Waals surface area contributed by atoms with E-state index in [9.17, 15) is 4.79 Å². The van der Waals surface area contributed by atoms with Gasteiger partial charge < -0.3 is 10.0 Å². The van der Waals surface area contributed by atoms with Gasteiger partial charge in [0.1, 0.15) is 0 Å². The number of aryl methyl sites for hydroxylation is 1. The third kappa shape index (κ3) is 2.51. The summed E-state index contributed by atoms with van der Waals surface area (Å²) in [6.07, 6.45) is 2.06. The maximum atomic E-state index is 11.1. The number of fused-ring (bicyclic) bond motifs is 1. The number of aromatic nitrogens is 1. The Hall–Kier alpha value is -1.59. The SMILES string of the molecule is O=C(O)c1sc(N2CCCc3ccccc3C2)nc1Cl. The lowest BCUT2D eigenvalue weighted by molar-refractivity contribution is 0.0702. The first-order chi connectivity index (χ1) is 9.65. The number of hydrogen-bond donors (Lipinski definition) is 1. The molecule has 1 aromatic heterocycles. The molecule has 2 aromatic rings. The number of rotatable bonds is 2. The van der Waals surface area contributed by atoms with E-state index in [-0.39, 0.29) is 10.0 Å². The minimum atomic E-state index is -1.02. The molecule has 1 aliphatic rings. The molecule has 0 unspecified atom stereocenters. The Morgan fingerprint density at radius 3 is 2.80 bits per heavy atom. The molecule has 0 aliphatic carbocycles. The number of aromatic carboxylic acids is 1. The Morgan fingerprint density at radius 1 is 1.35 bits per heavy atom. The van der Waals surface area contributed by atoms with Crippen LogP contribution in [-0.4, -0.2) is 22.6 Å². The first-order valence-electron chi connectivity index (χ1n) is 6.36. The highest BCUT2D eigenvalue weighted by atomic mass is 35.5. The van der Waals surface area contributed by atoms with Crippen LogP contribution in [0.25, 0.3) is 0 Å². The molecule has 20 heavy (non-hydrogen) atoms. The van der Waals surface area contributed by atoms with Gasteiger partial charge in [0.2, 0.25) is 0 Å². The zero-order valence-electron chi connectivity index (χ0n) is 10.7. The van der Waals surface area contributed by atoms with Gasteiger partial charge in [0, 0.05) is 13.1 Å². The van der Waals surface area contributed by atoms with E-state index in [1.807, 2.05) is 6.07 Å². The van der Waals surface area contributed by atoms with Gasteiger partial charge in [-0.1, -0.05) is 47.2 Å². The highest BCUT2D eigenvalue weighted by Crippen LogP contribution is 2.32. The Morgan fingerprint density at radius 2 is 2.10 bits per heavy atom. The second-order valence-corrected chi connectivity index (χ2v) is 6.05. The van der Waals surface area contributed by atoms with E-state index < -0.39 is 5.97 Å². The molecule has 1 aromatic carbocycles. The molecule has 0 amide bonds. The lowest BCUT2D eigenvalue weighted by Gasteiger charge is -2.19. The molecule has 6 heteroatoms. The summed E-state index contributed by atoms with van der Waals surface area (Å²) in [6.45, 7) is 1.61. The van der Waals surface area contributed by atoms with E-state index in [1.165, 1.54) is 11.1 Å². The molecule has 1 N–H and O–H groups in total. The van der Waals surface area contributed by atoms with Gasteiger partial charge >= 0.3 is 5.97 Å². The predicted octanol–water partition coefficient (Wildman–Crippen LogP) is 3.45. The van der Waals surface area contributed by atoms with E-state index >= 15 is 0 Å². The number of nitrogens with zero attached hydrogens (tertiary/aromatic N) is 2. The van der Waals surface area contributed by atoms with Crippen molar-refractivity contribution in [1.29, 1.82) is 0 Å². The fourth-order valence-corrected chi connectivity index (χ4v) is 3.57. The maximum absolute atomic E-state index is 11.1. The Labute approximate surface area is 125 Å². The Bertz CT molecular complexity index is 656. The highest BCUT2D eigenvalue weighted by Gasteiger charge is 2.21. The van der Waals surface area contributed by atoms with Crippen molar-refractivity contribution in [1.82, 2.24) is 4.98 Å². The number of carboxylic acids is 1. The van der Waals surface area contributed by atoms with Gasteiger partial charge in [0.15, 0.2) is 15.2 Å². The molecule has 0 atom stereocenters. The first kappa shape index (κ1) is 13.4. The van der Waals surface area contributed by atoms with Crippen molar-refractivity contribution in [3.63, 3.8) is 0 Å². The maximum Gasteiger partial charge on any atom is 0.349 e. The van der Waals surface area contributed by atoms with Crippen molar-refractivity contribution in [3.05, 3.63) is 45.4 Å². The first-order valence-corrected chi connectivity index (χ1v) is 7.56. The normalized spacial score (nSPS) is 14.8. The van der Waals surface area contributed by atoms with E-state index in [1.54, 1.807) is 0 Å². The van der Waals surface area contributed by atoms with Crippen molar-refractivity contribution in [3.8, 4) is 0 Å². The van der Waals surface area contributed by atoms with Crippen LogP contribution in [0.3, 0.4) is 0 Å². The molecule has 0 fully saturated rings. The van der Waals surface area contributed by atoms with Gasteiger partial charge in [0.25, 0.3) is 0 Å². The summed E-state index contributed by atoms with van der Waals surface area (Å²) in [5.41, 5.74) is 2.63. The third-order valence-electron chi connectivity index (χ3n) is 3.39. The number of carboxylic acid groups (broad SMARTS) is 1. The second-order valence-electron chi connectivity index (χ2n) is 4.72. The topological polar surface area (TPSA) is 53.4 Å². The van der Waals surface area contributed by atoms with Gasteiger partial charge in [0.05, 0.1) is 0 Å². The molecule has 0 radical (unpaired) electrons. The van der Waals surface area contributed by atoms with Crippen LogP contribution >= 0.6 is 22.9 Å². The average Bonchev–Trinajstić information content (AvgIpc) is 2.69. The van der Waals surface area contributed by atoms with Crippen LogP contribution in [-0.2, 0) is 13.0 Å². The summed E-state index contributed by atoms with van der Waals surface area (Å²) in [7, 11) is 0. The molecule has 3 rings (SSSR count). The monoisotopic (exact) mass is 308 g/mol. The third-order valence-corrected chi connectivity index (χ3v) is 4.88. The molecule has 4 nitrogen and oxygen atoms in total. The Kier molecular flexibility index (Phi) is 3.63. The summed E-state index contributed by atoms with van der Waals surface area (Å²) in [4.78, 5) is 17.5. The van der Waals surface area contributed by atoms with Crippen molar-refractivity contribution >= 4 is 34.0 Å².